The van der Waals surface area contributed by atoms with Crippen molar-refractivity contribution in [3.8, 4) is 22.6 Å². The molecule has 4 rings (SSSR count). The fourth-order valence-electron chi connectivity index (χ4n) is 4.65. The summed E-state index contributed by atoms with van der Waals surface area (Å²) in [5.74, 6) is -2.02. The van der Waals surface area contributed by atoms with Crippen molar-refractivity contribution in [1.82, 2.24) is 4.90 Å². The molecular weight excluding hydrogens is 643 g/mol. The third-order valence-electron chi connectivity index (χ3n) is 6.78. The van der Waals surface area contributed by atoms with Crippen molar-refractivity contribution in [2.45, 2.75) is 38.0 Å². The smallest absolute Gasteiger partial charge is 0.416 e. The van der Waals surface area contributed by atoms with E-state index >= 15 is 0 Å². The number of rotatable bonds is 7. The van der Waals surface area contributed by atoms with E-state index in [2.05, 4.69) is 15.9 Å². The maximum Gasteiger partial charge on any atom is 0.416 e. The Kier molecular flexibility index (Phi) is 8.50. The summed E-state index contributed by atoms with van der Waals surface area (Å²) in [5, 5.41) is 9.96. The van der Waals surface area contributed by atoms with E-state index in [0.29, 0.717) is 17.7 Å². The van der Waals surface area contributed by atoms with Gasteiger partial charge in [0.05, 0.1) is 36.2 Å². The minimum atomic E-state index is -5.10. The Hall–Kier alpha value is -3.81. The number of carbonyl (C=O) groups is 2. The zero-order chi connectivity index (χ0) is 31.1. The van der Waals surface area contributed by atoms with E-state index in [-0.39, 0.29) is 46.2 Å². The van der Waals surface area contributed by atoms with Crippen LogP contribution in [0.2, 0.25) is 0 Å². The van der Waals surface area contributed by atoms with Gasteiger partial charge in [0.25, 0.3) is 0 Å². The molecule has 1 amide bonds. The van der Waals surface area contributed by atoms with Crippen molar-refractivity contribution >= 4 is 27.8 Å². The second kappa shape index (κ2) is 11.5. The number of ether oxygens (including phenoxy) is 2. The predicted octanol–water partition coefficient (Wildman–Crippen LogP) is 7.90. The van der Waals surface area contributed by atoms with Gasteiger partial charge in [0.1, 0.15) is 11.9 Å². The summed E-state index contributed by atoms with van der Waals surface area (Å²) in [6, 6.07) is 6.29. The molecule has 0 saturated carbocycles. The van der Waals surface area contributed by atoms with Crippen LogP contribution in [0.4, 0.5) is 35.5 Å². The summed E-state index contributed by atoms with van der Waals surface area (Å²) in [6.07, 6.45) is -12.7. The number of amides is 1. The quantitative estimate of drug-likeness (QED) is 0.158. The van der Waals surface area contributed by atoms with E-state index < -0.39 is 58.8 Å². The van der Waals surface area contributed by atoms with Crippen LogP contribution in [0, 0.1) is 5.82 Å². The molecule has 0 bridgehead atoms. The van der Waals surface area contributed by atoms with Gasteiger partial charge in [-0.25, -0.2) is 9.18 Å². The first-order chi connectivity index (χ1) is 19.5. The standard InChI is InChI=1S/C28H21BrF7NO5/c1-13-25(15-6-17(27(31,32)33)8-18(7-15)28(34,35)36)42-26(40)37(13)12-16-5-14(23(39)11-29)3-4-19(16)20-9-22(38)21(30)10-24(20)41-2/h3-10,13,25,38H,11-12H2,1-2H3/t13-,25-/m0/s1. The van der Waals surface area contributed by atoms with Crippen molar-refractivity contribution in [1.29, 1.82) is 0 Å². The second-order valence-electron chi connectivity index (χ2n) is 9.44. The van der Waals surface area contributed by atoms with Gasteiger partial charge in [-0.1, -0.05) is 28.1 Å². The molecule has 3 aromatic rings. The second-order valence-corrected chi connectivity index (χ2v) is 10.0. The molecule has 0 aromatic heterocycles. The lowest BCUT2D eigenvalue weighted by atomic mass is 9.94. The van der Waals surface area contributed by atoms with Crippen molar-refractivity contribution < 1.29 is 54.9 Å². The largest absolute Gasteiger partial charge is 0.505 e. The van der Waals surface area contributed by atoms with Gasteiger partial charge >= 0.3 is 18.4 Å². The molecule has 6 nitrogen and oxygen atoms in total. The van der Waals surface area contributed by atoms with Crippen LogP contribution >= 0.6 is 15.9 Å². The normalized spacial score (nSPS) is 17.4. The molecule has 1 aliphatic heterocycles. The molecule has 1 aliphatic rings. The summed E-state index contributed by atoms with van der Waals surface area (Å²) in [7, 11) is 1.26. The van der Waals surface area contributed by atoms with Crippen molar-refractivity contribution in [2.24, 2.45) is 0 Å². The Balaban J connectivity index is 1.78. The molecule has 3 aromatic carbocycles. The Morgan fingerprint density at radius 3 is 2.17 bits per heavy atom. The molecule has 0 aliphatic carbocycles. The number of alkyl halides is 7. The van der Waals surface area contributed by atoms with E-state index in [1.807, 2.05) is 0 Å². The fraction of sp³-hybridized carbons (Fsp3) is 0.286. The van der Waals surface area contributed by atoms with E-state index in [4.69, 9.17) is 9.47 Å². The van der Waals surface area contributed by atoms with E-state index in [1.165, 1.54) is 32.2 Å². The topological polar surface area (TPSA) is 76.1 Å². The molecular formula is C28H21BrF7NO5. The number of aromatic hydroxyl groups is 1. The highest BCUT2D eigenvalue weighted by Crippen LogP contribution is 2.42. The van der Waals surface area contributed by atoms with Gasteiger partial charge in [0.2, 0.25) is 0 Å². The Morgan fingerprint density at radius 2 is 1.62 bits per heavy atom. The Labute approximate surface area is 242 Å². The van der Waals surface area contributed by atoms with Crippen LogP contribution in [0.3, 0.4) is 0 Å². The number of halogens is 8. The number of hydrogen-bond donors (Lipinski definition) is 1. The maximum absolute atomic E-state index is 14.0. The third kappa shape index (κ3) is 6.18. The molecule has 1 heterocycles. The number of carbonyl (C=O) groups excluding carboxylic acids is 2. The minimum Gasteiger partial charge on any atom is -0.505 e. The minimum absolute atomic E-state index is 0.00434. The van der Waals surface area contributed by atoms with E-state index in [0.717, 1.165) is 17.0 Å². The van der Waals surface area contributed by atoms with Crippen molar-refractivity contribution in [3.05, 3.63) is 82.2 Å². The SMILES string of the molecule is COc1cc(F)c(O)cc1-c1ccc(C(=O)CBr)cc1CN1C(=O)O[C@H](c2cc(C(F)(F)F)cc(C(F)(F)F)c2)[C@@H]1C. The molecule has 0 radical (unpaired) electrons. The van der Waals surface area contributed by atoms with E-state index in [1.54, 1.807) is 0 Å². The van der Waals surface area contributed by atoms with E-state index in [9.17, 15) is 45.4 Å². The maximum atomic E-state index is 14.0. The number of Topliss-reactive ketones (excluding diaryl/α,β-unsaturated/α-hetero) is 1. The van der Waals surface area contributed by atoms with Crippen molar-refractivity contribution in [3.63, 3.8) is 0 Å². The zero-order valence-electron chi connectivity index (χ0n) is 21.7. The number of phenolic OH excluding ortho intramolecular Hbond substituents is 1. The van der Waals surface area contributed by atoms with Gasteiger partial charge in [-0.3, -0.25) is 9.69 Å². The van der Waals surface area contributed by atoms with Crippen LogP contribution in [-0.2, 0) is 23.6 Å². The molecule has 42 heavy (non-hydrogen) atoms. The average molecular weight is 664 g/mol. The van der Waals surface area contributed by atoms with Crippen molar-refractivity contribution in [2.75, 3.05) is 12.4 Å². The molecule has 0 unspecified atom stereocenters. The van der Waals surface area contributed by atoms with Gasteiger partial charge < -0.3 is 14.6 Å². The molecule has 14 heteroatoms. The zero-order valence-corrected chi connectivity index (χ0v) is 23.3. The number of benzene rings is 3. The van der Waals surface area contributed by atoms with Gasteiger partial charge in [-0.2, -0.15) is 26.3 Å². The highest BCUT2D eigenvalue weighted by Gasteiger charge is 2.43. The third-order valence-corrected chi connectivity index (χ3v) is 7.29. The number of nitrogens with zero attached hydrogens (tertiary/aromatic N) is 1. The monoisotopic (exact) mass is 663 g/mol. The first-order valence-electron chi connectivity index (χ1n) is 12.1. The average Bonchev–Trinajstić information content (AvgIpc) is 3.21. The molecule has 224 valence electrons. The molecule has 2 atom stereocenters. The highest BCUT2D eigenvalue weighted by molar-refractivity contribution is 9.09. The van der Waals surface area contributed by atoms with Crippen LogP contribution in [0.15, 0.2) is 48.5 Å². The number of ketones is 1. The predicted molar refractivity (Wildman–Crippen MR) is 139 cm³/mol. The summed E-state index contributed by atoms with van der Waals surface area (Å²) < 4.78 is 105. The van der Waals surface area contributed by atoms with Gasteiger partial charge in [-0.15, -0.1) is 0 Å². The van der Waals surface area contributed by atoms with Crippen LogP contribution in [-0.4, -0.2) is 40.4 Å². The van der Waals surface area contributed by atoms with Gasteiger partial charge in [0, 0.05) is 17.2 Å². The van der Waals surface area contributed by atoms with Crippen LogP contribution in [0.1, 0.15) is 45.6 Å². The number of phenols is 1. The summed E-state index contributed by atoms with van der Waals surface area (Å²) in [6.45, 7) is 1.07. The van der Waals surface area contributed by atoms with Crippen LogP contribution < -0.4 is 4.74 Å². The Bertz CT molecular complexity index is 1510. The summed E-state index contributed by atoms with van der Waals surface area (Å²) >= 11 is 3.07. The lowest BCUT2D eigenvalue weighted by Crippen LogP contribution is -2.31. The first kappa shape index (κ1) is 31.1. The summed E-state index contributed by atoms with van der Waals surface area (Å²) in [5.41, 5.74) is -2.64. The van der Waals surface area contributed by atoms with Gasteiger partial charge in [0.15, 0.2) is 17.3 Å². The lowest BCUT2D eigenvalue weighted by Gasteiger charge is -2.24. The number of cyclic esters (lactones) is 1. The molecule has 1 N–H and O–H groups in total. The molecule has 1 saturated heterocycles. The van der Waals surface area contributed by atoms with Crippen LogP contribution in [0.25, 0.3) is 11.1 Å². The summed E-state index contributed by atoms with van der Waals surface area (Å²) in [4.78, 5) is 26.4. The highest BCUT2D eigenvalue weighted by atomic mass is 79.9. The molecule has 1 fully saturated rings. The Morgan fingerprint density at radius 1 is 1.00 bits per heavy atom. The lowest BCUT2D eigenvalue weighted by molar-refractivity contribution is -0.143. The van der Waals surface area contributed by atoms with Gasteiger partial charge in [-0.05, 0) is 53.9 Å². The molecule has 0 spiro atoms. The number of hydrogen-bond acceptors (Lipinski definition) is 5. The van der Waals surface area contributed by atoms with Crippen LogP contribution in [0.5, 0.6) is 11.5 Å². The fourth-order valence-corrected chi connectivity index (χ4v) is 4.97. The number of methoxy groups -OCH3 is 1. The first-order valence-corrected chi connectivity index (χ1v) is 13.2.